The molecule has 0 radical (unpaired) electrons. The van der Waals surface area contributed by atoms with E-state index in [0.29, 0.717) is 37.6 Å². The highest BCUT2D eigenvalue weighted by atomic mass is 32.2. The molecule has 1 fully saturated rings. The van der Waals surface area contributed by atoms with Gasteiger partial charge in [0, 0.05) is 32.1 Å². The fraction of sp³-hybridized carbons (Fsp3) is 0.632. The number of hydrogen-bond acceptors (Lipinski definition) is 3. The zero-order chi connectivity index (χ0) is 21.5. The lowest BCUT2D eigenvalue weighted by molar-refractivity contribution is -0.137. The second-order valence-corrected chi connectivity index (χ2v) is 9.31. The molecule has 1 aliphatic carbocycles. The molecule has 0 unspecified atom stereocenters. The monoisotopic (exact) mass is 434 g/mol. The summed E-state index contributed by atoms with van der Waals surface area (Å²) in [7, 11) is -1.58. The van der Waals surface area contributed by atoms with E-state index in [2.05, 4.69) is 20.3 Å². The van der Waals surface area contributed by atoms with Gasteiger partial charge in [-0.2, -0.15) is 13.2 Å². The van der Waals surface area contributed by atoms with Gasteiger partial charge in [-0.25, -0.2) is 13.1 Å². The summed E-state index contributed by atoms with van der Waals surface area (Å²) in [6, 6.07) is 5.56. The van der Waals surface area contributed by atoms with Gasteiger partial charge < -0.3 is 10.6 Å². The second kappa shape index (κ2) is 9.80. The zero-order valence-electron chi connectivity index (χ0n) is 16.8. The molecule has 1 saturated carbocycles. The molecule has 0 heterocycles. The number of nitrogens with one attached hydrogen (secondary N) is 3. The van der Waals surface area contributed by atoms with E-state index in [1.807, 2.05) is 0 Å². The van der Waals surface area contributed by atoms with Crippen LogP contribution in [0.1, 0.15) is 43.7 Å². The van der Waals surface area contributed by atoms with E-state index in [-0.39, 0.29) is 11.2 Å². The van der Waals surface area contributed by atoms with E-state index in [4.69, 9.17) is 0 Å². The predicted molar refractivity (Wildman–Crippen MR) is 108 cm³/mol. The molecule has 0 spiro atoms. The summed E-state index contributed by atoms with van der Waals surface area (Å²) in [6.07, 6.45) is -1.17. The fourth-order valence-electron chi connectivity index (χ4n) is 3.29. The normalized spacial score (nSPS) is 16.9. The summed E-state index contributed by atoms with van der Waals surface area (Å²) < 4.78 is 64.4. The number of halogens is 3. The quantitative estimate of drug-likeness (QED) is 0.317. The van der Waals surface area contributed by atoms with Gasteiger partial charge >= 0.3 is 6.18 Å². The number of guanidine groups is 1. The molecule has 0 bridgehead atoms. The van der Waals surface area contributed by atoms with Crippen LogP contribution in [0.2, 0.25) is 0 Å². The van der Waals surface area contributed by atoms with Crippen molar-refractivity contribution >= 4 is 16.0 Å². The minimum atomic E-state index is -4.36. The summed E-state index contributed by atoms with van der Waals surface area (Å²) in [6.45, 7) is 2.90. The van der Waals surface area contributed by atoms with Crippen molar-refractivity contribution in [3.05, 3.63) is 35.4 Å². The molecule has 2 rings (SSSR count). The second-order valence-electron chi connectivity index (χ2n) is 7.22. The molecule has 1 aromatic carbocycles. The third kappa shape index (κ3) is 6.60. The van der Waals surface area contributed by atoms with Crippen molar-refractivity contribution in [1.82, 2.24) is 15.4 Å². The molecule has 0 aliphatic heterocycles. The van der Waals surface area contributed by atoms with Crippen LogP contribution in [0.3, 0.4) is 0 Å². The Labute approximate surface area is 170 Å². The first-order chi connectivity index (χ1) is 13.6. The van der Waals surface area contributed by atoms with Crippen molar-refractivity contribution in [2.24, 2.45) is 4.99 Å². The van der Waals surface area contributed by atoms with Gasteiger partial charge in [-0.3, -0.25) is 4.99 Å². The largest absolute Gasteiger partial charge is 0.416 e. The molecule has 6 nitrogen and oxygen atoms in total. The van der Waals surface area contributed by atoms with Gasteiger partial charge in [0.1, 0.15) is 0 Å². The van der Waals surface area contributed by atoms with Crippen LogP contribution in [0.25, 0.3) is 0 Å². The molecule has 0 amide bonds. The van der Waals surface area contributed by atoms with Crippen molar-refractivity contribution in [3.63, 3.8) is 0 Å². The molecule has 29 heavy (non-hydrogen) atoms. The number of rotatable bonds is 9. The van der Waals surface area contributed by atoms with Gasteiger partial charge in [0.05, 0.1) is 11.3 Å². The lowest BCUT2D eigenvalue weighted by atomic mass is 9.64. The number of aliphatic imine (C=N–C) groups is 1. The first kappa shape index (κ1) is 23.5. The SMILES string of the molecule is CCS(=O)(=O)NCCCNC(=NC)NCC1(c2cccc(C(F)(F)F)c2)CCC1. The molecular weight excluding hydrogens is 405 g/mol. The van der Waals surface area contributed by atoms with Crippen molar-refractivity contribution < 1.29 is 21.6 Å². The van der Waals surface area contributed by atoms with Gasteiger partial charge in [0.15, 0.2) is 5.96 Å². The zero-order valence-corrected chi connectivity index (χ0v) is 17.6. The molecule has 0 saturated heterocycles. The van der Waals surface area contributed by atoms with Crippen LogP contribution >= 0.6 is 0 Å². The maximum Gasteiger partial charge on any atom is 0.416 e. The lowest BCUT2D eigenvalue weighted by Gasteiger charge is -2.43. The number of benzene rings is 1. The van der Waals surface area contributed by atoms with E-state index in [0.717, 1.165) is 25.3 Å². The van der Waals surface area contributed by atoms with Crippen LogP contribution < -0.4 is 15.4 Å². The topological polar surface area (TPSA) is 82.6 Å². The first-order valence-corrected chi connectivity index (χ1v) is 11.4. The van der Waals surface area contributed by atoms with Gasteiger partial charge in [-0.05, 0) is 37.8 Å². The number of sulfonamides is 1. The van der Waals surface area contributed by atoms with Crippen LogP contribution in [0, 0.1) is 0 Å². The smallest absolute Gasteiger partial charge is 0.356 e. The summed E-state index contributed by atoms with van der Waals surface area (Å²) in [4.78, 5) is 4.14. The molecule has 0 aromatic heterocycles. The van der Waals surface area contributed by atoms with E-state index >= 15 is 0 Å². The molecule has 1 aliphatic rings. The molecule has 10 heteroatoms. The van der Waals surface area contributed by atoms with Crippen molar-refractivity contribution in [2.75, 3.05) is 32.4 Å². The van der Waals surface area contributed by atoms with E-state index in [9.17, 15) is 21.6 Å². The minimum Gasteiger partial charge on any atom is -0.356 e. The van der Waals surface area contributed by atoms with Gasteiger partial charge in [-0.1, -0.05) is 24.6 Å². The molecule has 1 aromatic rings. The first-order valence-electron chi connectivity index (χ1n) is 9.71. The maximum atomic E-state index is 13.1. The van der Waals surface area contributed by atoms with E-state index in [1.54, 1.807) is 20.0 Å². The highest BCUT2D eigenvalue weighted by Gasteiger charge is 2.40. The highest BCUT2D eigenvalue weighted by molar-refractivity contribution is 7.89. The van der Waals surface area contributed by atoms with E-state index < -0.39 is 21.8 Å². The van der Waals surface area contributed by atoms with Crippen LogP contribution in [0.5, 0.6) is 0 Å². The van der Waals surface area contributed by atoms with Gasteiger partial charge in [-0.15, -0.1) is 0 Å². The molecule has 164 valence electrons. The van der Waals surface area contributed by atoms with Crippen molar-refractivity contribution in [1.29, 1.82) is 0 Å². The molecular formula is C19H29F3N4O2S. The third-order valence-electron chi connectivity index (χ3n) is 5.28. The Balaban J connectivity index is 1.89. The van der Waals surface area contributed by atoms with Crippen LogP contribution in [0.15, 0.2) is 29.3 Å². The van der Waals surface area contributed by atoms with Gasteiger partial charge in [0.2, 0.25) is 10.0 Å². The predicted octanol–water partition coefficient (Wildman–Crippen LogP) is 2.62. The van der Waals surface area contributed by atoms with Crippen molar-refractivity contribution in [2.45, 2.75) is 44.2 Å². The van der Waals surface area contributed by atoms with Crippen molar-refractivity contribution in [3.8, 4) is 0 Å². The summed E-state index contributed by atoms with van der Waals surface area (Å²) in [5.41, 5.74) is -0.274. The maximum absolute atomic E-state index is 13.1. The standard InChI is InChI=1S/C19H29F3N4O2S/c1-3-29(27,28)26-12-6-11-24-17(23-2)25-14-18(9-5-10-18)15-7-4-8-16(13-15)19(20,21)22/h4,7-8,13,26H,3,5-6,9-12,14H2,1-2H3,(H2,23,24,25). The van der Waals surface area contributed by atoms with Gasteiger partial charge in [0.25, 0.3) is 0 Å². The van der Waals surface area contributed by atoms with Crippen LogP contribution in [-0.2, 0) is 21.6 Å². The lowest BCUT2D eigenvalue weighted by Crippen LogP contribution is -2.49. The molecule has 3 N–H and O–H groups in total. The average Bonchev–Trinajstić information content (AvgIpc) is 2.64. The Hall–Kier alpha value is -1.81. The Morgan fingerprint density at radius 2 is 1.93 bits per heavy atom. The summed E-state index contributed by atoms with van der Waals surface area (Å²) in [5.74, 6) is 0.586. The number of alkyl halides is 3. The third-order valence-corrected chi connectivity index (χ3v) is 6.68. The van der Waals surface area contributed by atoms with Crippen LogP contribution in [0.4, 0.5) is 13.2 Å². The fourth-order valence-corrected chi connectivity index (χ4v) is 3.95. The summed E-state index contributed by atoms with van der Waals surface area (Å²) >= 11 is 0. The Bertz CT molecular complexity index is 806. The van der Waals surface area contributed by atoms with Crippen LogP contribution in [-0.4, -0.2) is 46.8 Å². The Morgan fingerprint density at radius 1 is 1.21 bits per heavy atom. The molecule has 0 atom stereocenters. The Morgan fingerprint density at radius 3 is 2.48 bits per heavy atom. The Kier molecular flexibility index (Phi) is 7.93. The average molecular weight is 435 g/mol. The minimum absolute atomic E-state index is 0.0429. The van der Waals surface area contributed by atoms with E-state index in [1.165, 1.54) is 12.1 Å². The highest BCUT2D eigenvalue weighted by Crippen LogP contribution is 2.44. The number of nitrogens with zero attached hydrogens (tertiary/aromatic N) is 1. The summed E-state index contributed by atoms with van der Waals surface area (Å²) in [5, 5.41) is 6.31. The number of hydrogen-bond donors (Lipinski definition) is 3.